The van der Waals surface area contributed by atoms with Gasteiger partial charge in [0.05, 0.1) is 0 Å². The minimum Gasteiger partial charge on any atom is -0.508 e. The molecule has 0 aliphatic heterocycles. The van der Waals surface area contributed by atoms with Crippen LogP contribution >= 0.6 is 0 Å². The zero-order chi connectivity index (χ0) is 15.5. The highest BCUT2D eigenvalue weighted by atomic mass is 16.3. The molecule has 1 aliphatic carbocycles. The maximum absolute atomic E-state index is 9.10. The summed E-state index contributed by atoms with van der Waals surface area (Å²) in [6, 6.07) is 22.8. The van der Waals surface area contributed by atoms with Gasteiger partial charge in [-0.15, -0.1) is 0 Å². The van der Waals surface area contributed by atoms with Gasteiger partial charge in [0, 0.05) is 0 Å². The van der Waals surface area contributed by atoms with Crippen LogP contribution in [0, 0.1) is 13.8 Å². The van der Waals surface area contributed by atoms with Gasteiger partial charge < -0.3 is 5.11 Å². The fourth-order valence-corrected chi connectivity index (χ4v) is 2.82. The number of aromatic hydroxyl groups is 1. The number of hydrogen-bond donors (Lipinski definition) is 1. The number of aryl methyl sites for hydroxylation is 1. The highest BCUT2D eigenvalue weighted by Crippen LogP contribution is 2.35. The van der Waals surface area contributed by atoms with E-state index in [0.29, 0.717) is 5.75 Å². The Morgan fingerprint density at radius 3 is 1.73 bits per heavy atom. The monoisotopic (exact) mass is 288 g/mol. The molecular formula is C21H20O. The molecule has 1 aliphatic rings. The van der Waals surface area contributed by atoms with Crippen LogP contribution in [0.4, 0.5) is 0 Å². The molecule has 1 nitrogen and oxygen atoms in total. The average Bonchev–Trinajstić information content (AvgIpc) is 2.92. The summed E-state index contributed by atoms with van der Waals surface area (Å²) >= 11 is 0. The van der Waals surface area contributed by atoms with E-state index in [1.165, 1.54) is 22.3 Å². The summed E-state index contributed by atoms with van der Waals surface area (Å²) in [5, 5.41) is 9.10. The van der Waals surface area contributed by atoms with E-state index in [-0.39, 0.29) is 0 Å². The van der Waals surface area contributed by atoms with E-state index in [9.17, 15) is 0 Å². The number of rotatable bonds is 0. The number of phenolic OH excluding ortho intramolecular Hbond substituents is 1. The second kappa shape index (κ2) is 6.07. The van der Waals surface area contributed by atoms with Gasteiger partial charge in [0.2, 0.25) is 0 Å². The lowest BCUT2D eigenvalue weighted by Gasteiger charge is -1.99. The Hall–Kier alpha value is -2.54. The quantitative estimate of drug-likeness (QED) is 0.467. The molecule has 22 heavy (non-hydrogen) atoms. The van der Waals surface area contributed by atoms with Crippen molar-refractivity contribution >= 4 is 0 Å². The first-order valence-electron chi connectivity index (χ1n) is 7.58. The first-order valence-corrected chi connectivity index (χ1v) is 7.58. The summed E-state index contributed by atoms with van der Waals surface area (Å²) in [4.78, 5) is 0. The minimum atomic E-state index is 0.384. The molecule has 0 saturated heterocycles. The summed E-state index contributed by atoms with van der Waals surface area (Å²) in [6.07, 6.45) is 1.10. The second-order valence-electron chi connectivity index (χ2n) is 5.71. The standard InChI is InChI=1S/C13H10.C8H10O/c1-3-7-12-10(5-1)9-11-6-2-4-8-13(11)12;1-6-4-3-5-8(9)7(6)2/h1-8H,9H2;3-5,9H,1-2H3. The van der Waals surface area contributed by atoms with Gasteiger partial charge in [0.15, 0.2) is 0 Å². The molecule has 0 bridgehead atoms. The van der Waals surface area contributed by atoms with Crippen LogP contribution < -0.4 is 0 Å². The SMILES string of the molecule is Cc1cccc(O)c1C.c1ccc2c(c1)Cc1ccccc1-2. The van der Waals surface area contributed by atoms with Crippen molar-refractivity contribution in [1.29, 1.82) is 0 Å². The fourth-order valence-electron chi connectivity index (χ4n) is 2.82. The first kappa shape index (κ1) is 14.4. The Balaban J connectivity index is 0.000000142. The van der Waals surface area contributed by atoms with Crippen molar-refractivity contribution in [2.75, 3.05) is 0 Å². The molecule has 3 aromatic carbocycles. The Morgan fingerprint density at radius 2 is 1.23 bits per heavy atom. The average molecular weight is 288 g/mol. The van der Waals surface area contributed by atoms with Gasteiger partial charge >= 0.3 is 0 Å². The van der Waals surface area contributed by atoms with E-state index in [0.717, 1.165) is 17.5 Å². The van der Waals surface area contributed by atoms with E-state index >= 15 is 0 Å². The predicted octanol–water partition coefficient (Wildman–Crippen LogP) is 5.27. The molecule has 0 heterocycles. The van der Waals surface area contributed by atoms with Crippen LogP contribution in [0.5, 0.6) is 5.75 Å². The van der Waals surface area contributed by atoms with Gasteiger partial charge in [-0.25, -0.2) is 0 Å². The third-order valence-corrected chi connectivity index (χ3v) is 4.28. The summed E-state index contributed by atoms with van der Waals surface area (Å²) in [6.45, 7) is 3.89. The molecule has 1 N–H and O–H groups in total. The van der Waals surface area contributed by atoms with Gasteiger partial charge in [-0.2, -0.15) is 0 Å². The zero-order valence-corrected chi connectivity index (χ0v) is 13.0. The summed E-state index contributed by atoms with van der Waals surface area (Å²) < 4.78 is 0. The van der Waals surface area contributed by atoms with Gasteiger partial charge in [-0.3, -0.25) is 0 Å². The lowest BCUT2D eigenvalue weighted by atomic mass is 10.1. The Morgan fingerprint density at radius 1 is 0.682 bits per heavy atom. The van der Waals surface area contributed by atoms with E-state index in [4.69, 9.17) is 5.11 Å². The Bertz CT molecular complexity index is 739. The van der Waals surface area contributed by atoms with Crippen LogP contribution in [0.25, 0.3) is 11.1 Å². The molecular weight excluding hydrogens is 268 g/mol. The van der Waals surface area contributed by atoms with Crippen LogP contribution in [0.15, 0.2) is 66.7 Å². The Labute approximate surface area is 131 Å². The number of benzene rings is 3. The highest BCUT2D eigenvalue weighted by molar-refractivity contribution is 5.76. The van der Waals surface area contributed by atoms with Crippen molar-refractivity contribution < 1.29 is 5.11 Å². The van der Waals surface area contributed by atoms with Gasteiger partial charge in [0.1, 0.15) is 5.75 Å². The third kappa shape index (κ3) is 2.75. The molecule has 0 radical (unpaired) electrons. The van der Waals surface area contributed by atoms with Gasteiger partial charge in [-0.1, -0.05) is 60.7 Å². The molecule has 0 saturated carbocycles. The lowest BCUT2D eigenvalue weighted by Crippen LogP contribution is -1.78. The molecule has 0 atom stereocenters. The minimum absolute atomic E-state index is 0.384. The first-order chi connectivity index (χ1) is 10.7. The van der Waals surface area contributed by atoms with Crippen LogP contribution in [0.3, 0.4) is 0 Å². The molecule has 3 aromatic rings. The number of phenols is 1. The summed E-state index contributed by atoms with van der Waals surface area (Å²) in [7, 11) is 0. The molecule has 0 fully saturated rings. The number of fused-ring (bicyclic) bond motifs is 3. The van der Waals surface area contributed by atoms with Crippen LogP contribution in [-0.4, -0.2) is 5.11 Å². The topological polar surface area (TPSA) is 20.2 Å². The van der Waals surface area contributed by atoms with Crippen LogP contribution in [-0.2, 0) is 6.42 Å². The van der Waals surface area contributed by atoms with Crippen LogP contribution in [0.2, 0.25) is 0 Å². The van der Waals surface area contributed by atoms with Gasteiger partial charge in [0.25, 0.3) is 0 Å². The fraction of sp³-hybridized carbons (Fsp3) is 0.143. The van der Waals surface area contributed by atoms with Gasteiger partial charge in [-0.05, 0) is 59.7 Å². The van der Waals surface area contributed by atoms with E-state index in [1.807, 2.05) is 26.0 Å². The highest BCUT2D eigenvalue weighted by Gasteiger charge is 2.15. The van der Waals surface area contributed by atoms with E-state index in [2.05, 4.69) is 48.5 Å². The molecule has 0 amide bonds. The van der Waals surface area contributed by atoms with E-state index in [1.54, 1.807) is 6.07 Å². The van der Waals surface area contributed by atoms with Crippen molar-refractivity contribution in [1.82, 2.24) is 0 Å². The van der Waals surface area contributed by atoms with E-state index < -0.39 is 0 Å². The maximum atomic E-state index is 9.10. The second-order valence-corrected chi connectivity index (χ2v) is 5.71. The molecule has 0 unspecified atom stereocenters. The number of hydrogen-bond acceptors (Lipinski definition) is 1. The maximum Gasteiger partial charge on any atom is 0.118 e. The molecule has 0 aromatic heterocycles. The van der Waals surface area contributed by atoms with Crippen molar-refractivity contribution in [3.63, 3.8) is 0 Å². The van der Waals surface area contributed by atoms with Crippen LogP contribution in [0.1, 0.15) is 22.3 Å². The molecule has 0 spiro atoms. The normalized spacial score (nSPS) is 11.2. The largest absolute Gasteiger partial charge is 0.508 e. The molecule has 4 rings (SSSR count). The molecule has 110 valence electrons. The van der Waals surface area contributed by atoms with Crippen molar-refractivity contribution in [3.8, 4) is 16.9 Å². The zero-order valence-electron chi connectivity index (χ0n) is 13.0. The van der Waals surface area contributed by atoms with Crippen molar-refractivity contribution in [3.05, 3.63) is 89.0 Å². The predicted molar refractivity (Wildman–Crippen MR) is 92.3 cm³/mol. The third-order valence-electron chi connectivity index (χ3n) is 4.28. The Kier molecular flexibility index (Phi) is 3.97. The lowest BCUT2D eigenvalue weighted by molar-refractivity contribution is 0.470. The summed E-state index contributed by atoms with van der Waals surface area (Å²) in [5.41, 5.74) is 7.86. The van der Waals surface area contributed by atoms with Crippen molar-refractivity contribution in [2.24, 2.45) is 0 Å². The van der Waals surface area contributed by atoms with Crippen molar-refractivity contribution in [2.45, 2.75) is 20.3 Å². The smallest absolute Gasteiger partial charge is 0.118 e. The summed E-state index contributed by atoms with van der Waals surface area (Å²) in [5.74, 6) is 0.384. The molecule has 1 heteroatoms.